The largest absolute Gasteiger partial charge is 0.302 e. The van der Waals surface area contributed by atoms with E-state index in [0.29, 0.717) is 10.8 Å². The second-order valence-electron chi connectivity index (χ2n) is 9.48. The van der Waals surface area contributed by atoms with Crippen molar-refractivity contribution in [2.45, 2.75) is 48.0 Å². The Bertz CT molecular complexity index is 255. The Labute approximate surface area is 120 Å². The van der Waals surface area contributed by atoms with E-state index in [1.807, 2.05) is 0 Å². The third-order valence-electron chi connectivity index (χ3n) is 4.13. The predicted molar refractivity (Wildman–Crippen MR) is 83.4 cm³/mol. The van der Waals surface area contributed by atoms with E-state index in [4.69, 9.17) is 0 Å². The Morgan fingerprint density at radius 1 is 0.684 bits per heavy atom. The Hall–Kier alpha value is -0.0800. The van der Waals surface area contributed by atoms with Gasteiger partial charge in [0, 0.05) is 39.3 Å². The van der Waals surface area contributed by atoms with Crippen molar-refractivity contribution in [3.63, 3.8) is 0 Å². The first-order chi connectivity index (χ1) is 8.61. The molecule has 2 rings (SSSR count). The van der Waals surface area contributed by atoms with Gasteiger partial charge < -0.3 is 9.80 Å². The normalized spacial score (nSPS) is 24.3. The first-order valence-electron chi connectivity index (χ1n) is 8.05. The van der Waals surface area contributed by atoms with Gasteiger partial charge in [0.05, 0.1) is 0 Å². The lowest BCUT2D eigenvalue weighted by atomic mass is 9.82. The molecule has 0 amide bonds. The summed E-state index contributed by atoms with van der Waals surface area (Å²) >= 11 is 0. The average Bonchev–Trinajstić information content (AvgIpc) is 2.05. The molecule has 0 bridgehead atoms. The molecule has 0 N–H and O–H groups in total. The minimum atomic E-state index is 0.463. The lowest BCUT2D eigenvalue weighted by Crippen LogP contribution is -2.55. The van der Waals surface area contributed by atoms with E-state index in [-0.39, 0.29) is 0 Å². The van der Waals surface area contributed by atoms with Crippen LogP contribution in [-0.2, 0) is 0 Å². The molecule has 0 saturated carbocycles. The van der Waals surface area contributed by atoms with E-state index in [2.05, 4.69) is 51.3 Å². The molecule has 0 spiro atoms. The van der Waals surface area contributed by atoms with Crippen molar-refractivity contribution in [2.24, 2.45) is 22.7 Å². The van der Waals surface area contributed by atoms with Gasteiger partial charge >= 0.3 is 0 Å². The number of hydrogen-bond acceptors (Lipinski definition) is 2. The first kappa shape index (κ1) is 15.3. The zero-order chi connectivity index (χ0) is 14.3. The minimum absolute atomic E-state index is 0.463. The quantitative estimate of drug-likeness (QED) is 0.770. The van der Waals surface area contributed by atoms with Gasteiger partial charge in [-0.2, -0.15) is 0 Å². The maximum Gasteiger partial charge on any atom is 0.00303 e. The van der Waals surface area contributed by atoms with E-state index >= 15 is 0 Å². The zero-order valence-electron chi connectivity index (χ0n) is 14.0. The van der Waals surface area contributed by atoms with E-state index in [9.17, 15) is 0 Å². The molecule has 2 fully saturated rings. The van der Waals surface area contributed by atoms with Gasteiger partial charge in [0.1, 0.15) is 0 Å². The average molecular weight is 266 g/mol. The molecule has 0 unspecified atom stereocenters. The summed E-state index contributed by atoms with van der Waals surface area (Å²) in [6.07, 6.45) is 1.47. The number of likely N-dealkylation sites (tertiary alicyclic amines) is 2. The summed E-state index contributed by atoms with van der Waals surface area (Å²) in [5.41, 5.74) is 0.926. The molecule has 0 aromatic carbocycles. The van der Waals surface area contributed by atoms with Crippen molar-refractivity contribution in [1.29, 1.82) is 0 Å². The van der Waals surface area contributed by atoms with Crippen molar-refractivity contribution in [3.8, 4) is 0 Å². The van der Waals surface area contributed by atoms with E-state index < -0.39 is 0 Å². The molecule has 2 aliphatic rings. The monoisotopic (exact) mass is 266 g/mol. The van der Waals surface area contributed by atoms with Gasteiger partial charge in [0.15, 0.2) is 0 Å². The summed E-state index contributed by atoms with van der Waals surface area (Å²) < 4.78 is 0. The molecule has 2 nitrogen and oxygen atoms in total. The summed E-state index contributed by atoms with van der Waals surface area (Å²) in [6, 6.07) is 0. The summed E-state index contributed by atoms with van der Waals surface area (Å²) in [4.78, 5) is 5.27. The van der Waals surface area contributed by atoms with Gasteiger partial charge in [-0.15, -0.1) is 0 Å². The molecule has 2 heterocycles. The Morgan fingerprint density at radius 2 is 1.00 bits per heavy atom. The first-order valence-corrected chi connectivity index (χ1v) is 8.05. The topological polar surface area (TPSA) is 6.48 Å². The SMILES string of the molecule is CC(C)(C)CN1CC(CC2CN(CC(C)(C)C)C2)C1. The van der Waals surface area contributed by atoms with Crippen molar-refractivity contribution < 1.29 is 0 Å². The molecule has 0 aromatic rings. The van der Waals surface area contributed by atoms with E-state index in [1.165, 1.54) is 45.7 Å². The van der Waals surface area contributed by atoms with Crippen LogP contribution in [0.5, 0.6) is 0 Å². The molecule has 0 atom stereocenters. The van der Waals surface area contributed by atoms with Crippen LogP contribution in [-0.4, -0.2) is 49.1 Å². The van der Waals surface area contributed by atoms with Crippen molar-refractivity contribution in [2.75, 3.05) is 39.3 Å². The van der Waals surface area contributed by atoms with Crippen molar-refractivity contribution in [1.82, 2.24) is 9.80 Å². The highest BCUT2D eigenvalue weighted by Gasteiger charge is 2.35. The number of nitrogens with zero attached hydrogens (tertiary/aromatic N) is 2. The van der Waals surface area contributed by atoms with Crippen LogP contribution in [0.4, 0.5) is 0 Å². The zero-order valence-corrected chi connectivity index (χ0v) is 14.0. The fraction of sp³-hybridized carbons (Fsp3) is 1.00. The van der Waals surface area contributed by atoms with Crippen LogP contribution in [0.1, 0.15) is 48.0 Å². The smallest absolute Gasteiger partial charge is 0.00303 e. The van der Waals surface area contributed by atoms with Crippen LogP contribution in [0.15, 0.2) is 0 Å². The van der Waals surface area contributed by atoms with E-state index in [0.717, 1.165) is 11.8 Å². The predicted octanol–water partition coefficient (Wildman–Crippen LogP) is 3.33. The maximum absolute atomic E-state index is 2.64. The fourth-order valence-corrected chi connectivity index (χ4v) is 3.72. The standard InChI is InChI=1S/C17H34N2/c1-16(2,3)12-18-8-14(9-18)7-15-10-19(11-15)13-17(4,5)6/h14-15H,7-13H2,1-6H3. The van der Waals surface area contributed by atoms with Crippen LogP contribution in [0, 0.1) is 22.7 Å². The molecule has 112 valence electrons. The highest BCUT2D eigenvalue weighted by molar-refractivity contribution is 4.89. The molecule has 0 aromatic heterocycles. The van der Waals surface area contributed by atoms with Crippen LogP contribution in [0.3, 0.4) is 0 Å². The Morgan fingerprint density at radius 3 is 1.26 bits per heavy atom. The molecule has 0 aliphatic carbocycles. The minimum Gasteiger partial charge on any atom is -0.302 e. The summed E-state index contributed by atoms with van der Waals surface area (Å²) in [7, 11) is 0. The summed E-state index contributed by atoms with van der Waals surface area (Å²) in [6.45, 7) is 22.0. The van der Waals surface area contributed by atoms with Crippen LogP contribution < -0.4 is 0 Å². The van der Waals surface area contributed by atoms with E-state index in [1.54, 1.807) is 0 Å². The van der Waals surface area contributed by atoms with Gasteiger partial charge in [0.25, 0.3) is 0 Å². The molecular weight excluding hydrogens is 232 g/mol. The van der Waals surface area contributed by atoms with Crippen molar-refractivity contribution in [3.05, 3.63) is 0 Å². The van der Waals surface area contributed by atoms with Gasteiger partial charge in [-0.05, 0) is 29.1 Å². The third kappa shape index (κ3) is 5.07. The van der Waals surface area contributed by atoms with Gasteiger partial charge in [-0.1, -0.05) is 41.5 Å². The molecular formula is C17H34N2. The number of rotatable bonds is 4. The Kier molecular flexibility index (Phi) is 4.32. The molecule has 2 saturated heterocycles. The fourth-order valence-electron chi connectivity index (χ4n) is 3.72. The molecule has 2 aliphatic heterocycles. The summed E-state index contributed by atoms with van der Waals surface area (Å²) in [5, 5.41) is 0. The second kappa shape index (κ2) is 5.37. The number of hydrogen-bond donors (Lipinski definition) is 0. The van der Waals surface area contributed by atoms with Gasteiger partial charge in [-0.25, -0.2) is 0 Å². The highest BCUT2D eigenvalue weighted by atomic mass is 15.2. The summed E-state index contributed by atoms with van der Waals surface area (Å²) in [5.74, 6) is 1.98. The molecule has 0 radical (unpaired) electrons. The van der Waals surface area contributed by atoms with Crippen LogP contribution in [0.2, 0.25) is 0 Å². The second-order valence-corrected chi connectivity index (χ2v) is 9.48. The third-order valence-corrected chi connectivity index (χ3v) is 4.13. The maximum atomic E-state index is 2.64. The van der Waals surface area contributed by atoms with Crippen LogP contribution >= 0.6 is 0 Å². The molecule has 2 heteroatoms. The van der Waals surface area contributed by atoms with Crippen molar-refractivity contribution >= 4 is 0 Å². The molecule has 19 heavy (non-hydrogen) atoms. The lowest BCUT2D eigenvalue weighted by Gasteiger charge is -2.48. The highest BCUT2D eigenvalue weighted by Crippen LogP contribution is 2.31. The van der Waals surface area contributed by atoms with Gasteiger partial charge in [-0.3, -0.25) is 0 Å². The Balaban J connectivity index is 1.55. The lowest BCUT2D eigenvalue weighted by molar-refractivity contribution is 0.00649. The van der Waals surface area contributed by atoms with Gasteiger partial charge in [0.2, 0.25) is 0 Å². The van der Waals surface area contributed by atoms with Crippen LogP contribution in [0.25, 0.3) is 0 Å².